The third kappa shape index (κ3) is 7.09. The van der Waals surface area contributed by atoms with E-state index >= 15 is 0 Å². The standard InChI is InChI=1S/C18H28N2O/c1-18(2,3)16-10-7-15(8-11-16)9-12-17(21)19-13-6-14-20(4)5/h7-12H,6,13-14H2,1-5H3,(H,19,21)/b12-9+. The third-order valence-corrected chi connectivity index (χ3v) is 3.29. The zero-order valence-corrected chi connectivity index (χ0v) is 13.9. The maximum atomic E-state index is 11.7. The van der Waals surface area contributed by atoms with Gasteiger partial charge in [-0.15, -0.1) is 0 Å². The lowest BCUT2D eigenvalue weighted by Gasteiger charge is -2.18. The van der Waals surface area contributed by atoms with Crippen molar-refractivity contribution in [3.8, 4) is 0 Å². The summed E-state index contributed by atoms with van der Waals surface area (Å²) >= 11 is 0. The average Bonchev–Trinajstić information content (AvgIpc) is 2.40. The number of carbonyl (C=O) groups excluding carboxylic acids is 1. The number of amides is 1. The Labute approximate surface area is 129 Å². The molecule has 21 heavy (non-hydrogen) atoms. The van der Waals surface area contributed by atoms with Crippen LogP contribution in [0.3, 0.4) is 0 Å². The van der Waals surface area contributed by atoms with Crippen LogP contribution in [0.1, 0.15) is 38.3 Å². The second-order valence-electron chi connectivity index (χ2n) is 6.65. The Morgan fingerprint density at radius 2 is 1.81 bits per heavy atom. The van der Waals surface area contributed by atoms with E-state index in [0.717, 1.165) is 18.5 Å². The first-order chi connectivity index (χ1) is 9.79. The number of nitrogens with zero attached hydrogens (tertiary/aromatic N) is 1. The van der Waals surface area contributed by atoms with E-state index in [2.05, 4.69) is 55.3 Å². The number of carbonyl (C=O) groups is 1. The SMILES string of the molecule is CN(C)CCCNC(=O)/C=C/c1ccc(C(C)(C)C)cc1. The molecule has 0 radical (unpaired) electrons. The van der Waals surface area contributed by atoms with Crippen LogP contribution in [0.25, 0.3) is 6.08 Å². The molecule has 0 aliphatic heterocycles. The van der Waals surface area contributed by atoms with E-state index in [4.69, 9.17) is 0 Å². The third-order valence-electron chi connectivity index (χ3n) is 3.29. The molecule has 0 heterocycles. The minimum absolute atomic E-state index is 0.0337. The maximum absolute atomic E-state index is 11.7. The molecular weight excluding hydrogens is 260 g/mol. The highest BCUT2D eigenvalue weighted by Gasteiger charge is 2.12. The smallest absolute Gasteiger partial charge is 0.243 e. The number of hydrogen-bond acceptors (Lipinski definition) is 2. The summed E-state index contributed by atoms with van der Waals surface area (Å²) in [5, 5.41) is 2.89. The summed E-state index contributed by atoms with van der Waals surface area (Å²) < 4.78 is 0. The van der Waals surface area contributed by atoms with Gasteiger partial charge in [0.15, 0.2) is 0 Å². The topological polar surface area (TPSA) is 32.3 Å². The molecule has 0 fully saturated rings. The number of rotatable bonds is 6. The average molecular weight is 288 g/mol. The van der Waals surface area contributed by atoms with Crippen LogP contribution in [0, 0.1) is 0 Å². The van der Waals surface area contributed by atoms with E-state index < -0.39 is 0 Å². The van der Waals surface area contributed by atoms with Crippen LogP contribution in [0.4, 0.5) is 0 Å². The van der Waals surface area contributed by atoms with Crippen LogP contribution in [-0.4, -0.2) is 38.0 Å². The normalized spacial score (nSPS) is 12.1. The Hall–Kier alpha value is -1.61. The first kappa shape index (κ1) is 17.4. The molecule has 0 aliphatic carbocycles. The molecule has 0 unspecified atom stereocenters. The molecule has 0 saturated carbocycles. The van der Waals surface area contributed by atoms with Crippen molar-refractivity contribution in [1.82, 2.24) is 10.2 Å². The van der Waals surface area contributed by atoms with Gasteiger partial charge in [-0.2, -0.15) is 0 Å². The van der Waals surface area contributed by atoms with Crippen molar-refractivity contribution in [2.24, 2.45) is 0 Å². The summed E-state index contributed by atoms with van der Waals surface area (Å²) in [4.78, 5) is 13.8. The van der Waals surface area contributed by atoms with Crippen molar-refractivity contribution >= 4 is 12.0 Å². The molecular formula is C18H28N2O. The van der Waals surface area contributed by atoms with Gasteiger partial charge in [-0.05, 0) is 49.7 Å². The van der Waals surface area contributed by atoms with Crippen LogP contribution in [0.5, 0.6) is 0 Å². The molecule has 1 N–H and O–H groups in total. The minimum atomic E-state index is -0.0337. The van der Waals surface area contributed by atoms with Gasteiger partial charge in [0.1, 0.15) is 0 Å². The molecule has 0 aromatic heterocycles. The summed E-state index contributed by atoms with van der Waals surface area (Å²) in [6.07, 6.45) is 4.42. The lowest BCUT2D eigenvalue weighted by Crippen LogP contribution is -2.25. The van der Waals surface area contributed by atoms with Gasteiger partial charge in [0.05, 0.1) is 0 Å². The monoisotopic (exact) mass is 288 g/mol. The Kier molecular flexibility index (Phi) is 6.63. The van der Waals surface area contributed by atoms with Crippen molar-refractivity contribution in [2.75, 3.05) is 27.2 Å². The quantitative estimate of drug-likeness (QED) is 0.644. The Bertz CT molecular complexity index is 467. The van der Waals surface area contributed by atoms with Crippen molar-refractivity contribution in [1.29, 1.82) is 0 Å². The molecule has 0 bridgehead atoms. The zero-order valence-electron chi connectivity index (χ0n) is 13.9. The second-order valence-corrected chi connectivity index (χ2v) is 6.65. The van der Waals surface area contributed by atoms with Crippen LogP contribution in [0.15, 0.2) is 30.3 Å². The maximum Gasteiger partial charge on any atom is 0.243 e. The number of benzene rings is 1. The molecule has 1 aromatic carbocycles. The molecule has 1 amide bonds. The first-order valence-corrected chi connectivity index (χ1v) is 7.50. The fourth-order valence-electron chi connectivity index (χ4n) is 1.93. The Balaban J connectivity index is 2.43. The summed E-state index contributed by atoms with van der Waals surface area (Å²) in [6, 6.07) is 8.34. The molecule has 0 aliphatic rings. The highest BCUT2D eigenvalue weighted by molar-refractivity contribution is 5.91. The van der Waals surface area contributed by atoms with Crippen molar-refractivity contribution in [3.05, 3.63) is 41.5 Å². The zero-order chi connectivity index (χ0) is 15.9. The molecule has 0 atom stereocenters. The van der Waals surface area contributed by atoms with Gasteiger partial charge in [0, 0.05) is 12.6 Å². The highest BCUT2D eigenvalue weighted by Crippen LogP contribution is 2.22. The fourth-order valence-corrected chi connectivity index (χ4v) is 1.93. The molecule has 3 nitrogen and oxygen atoms in total. The predicted octanol–water partition coefficient (Wildman–Crippen LogP) is 3.07. The summed E-state index contributed by atoms with van der Waals surface area (Å²) in [5.41, 5.74) is 2.51. The van der Waals surface area contributed by atoms with Crippen molar-refractivity contribution in [2.45, 2.75) is 32.6 Å². The van der Waals surface area contributed by atoms with E-state index in [-0.39, 0.29) is 11.3 Å². The van der Waals surface area contributed by atoms with Gasteiger partial charge in [-0.3, -0.25) is 4.79 Å². The lowest BCUT2D eigenvalue weighted by atomic mass is 9.87. The van der Waals surface area contributed by atoms with E-state index in [9.17, 15) is 4.79 Å². The molecule has 1 aromatic rings. The predicted molar refractivity (Wildman–Crippen MR) is 90.4 cm³/mol. The van der Waals surface area contributed by atoms with Crippen LogP contribution >= 0.6 is 0 Å². The molecule has 0 saturated heterocycles. The van der Waals surface area contributed by atoms with Gasteiger partial charge in [-0.25, -0.2) is 0 Å². The highest BCUT2D eigenvalue weighted by atomic mass is 16.1. The van der Waals surface area contributed by atoms with Gasteiger partial charge in [-0.1, -0.05) is 45.0 Å². The van der Waals surface area contributed by atoms with Gasteiger partial charge >= 0.3 is 0 Å². The van der Waals surface area contributed by atoms with E-state index in [1.165, 1.54) is 5.56 Å². The first-order valence-electron chi connectivity index (χ1n) is 7.50. The van der Waals surface area contributed by atoms with E-state index in [1.54, 1.807) is 6.08 Å². The number of hydrogen-bond donors (Lipinski definition) is 1. The molecule has 116 valence electrons. The fraction of sp³-hybridized carbons (Fsp3) is 0.500. The Morgan fingerprint density at radius 3 is 2.33 bits per heavy atom. The Morgan fingerprint density at radius 1 is 1.19 bits per heavy atom. The summed E-state index contributed by atoms with van der Waals surface area (Å²) in [7, 11) is 4.06. The number of nitrogens with one attached hydrogen (secondary N) is 1. The van der Waals surface area contributed by atoms with Gasteiger partial charge < -0.3 is 10.2 Å². The lowest BCUT2D eigenvalue weighted by molar-refractivity contribution is -0.116. The van der Waals surface area contributed by atoms with Crippen molar-refractivity contribution in [3.63, 3.8) is 0 Å². The van der Waals surface area contributed by atoms with Crippen LogP contribution in [0.2, 0.25) is 0 Å². The largest absolute Gasteiger partial charge is 0.353 e. The summed E-state index contributed by atoms with van der Waals surface area (Å²) in [6.45, 7) is 8.28. The molecule has 3 heteroatoms. The second kappa shape index (κ2) is 7.99. The van der Waals surface area contributed by atoms with Gasteiger partial charge in [0.25, 0.3) is 0 Å². The molecule has 1 rings (SSSR count). The van der Waals surface area contributed by atoms with Crippen molar-refractivity contribution < 1.29 is 4.79 Å². The minimum Gasteiger partial charge on any atom is -0.353 e. The summed E-state index contributed by atoms with van der Waals surface area (Å²) in [5.74, 6) is -0.0337. The van der Waals surface area contributed by atoms with Gasteiger partial charge in [0.2, 0.25) is 5.91 Å². The van der Waals surface area contributed by atoms with Crippen LogP contribution < -0.4 is 5.32 Å². The van der Waals surface area contributed by atoms with Crippen LogP contribution in [-0.2, 0) is 10.2 Å². The van der Waals surface area contributed by atoms with E-state index in [1.807, 2.05) is 20.2 Å². The molecule has 0 spiro atoms. The van der Waals surface area contributed by atoms with E-state index in [0.29, 0.717) is 6.54 Å².